The van der Waals surface area contributed by atoms with Crippen LogP contribution in [0, 0.1) is 0 Å². The van der Waals surface area contributed by atoms with Crippen LogP contribution in [-0.4, -0.2) is 42.4 Å². The summed E-state index contributed by atoms with van der Waals surface area (Å²) in [5, 5.41) is 11.5. The number of rotatable bonds is 13. The molecule has 4 aromatic carbocycles. The number of hydrogen-bond donors (Lipinski definition) is 1. The normalized spacial score (nSPS) is 22.7. The Morgan fingerprint density at radius 1 is 0.500 bits per heavy atom. The Morgan fingerprint density at radius 2 is 0.900 bits per heavy atom. The summed E-state index contributed by atoms with van der Waals surface area (Å²) in [6.45, 7) is 1.56. The minimum absolute atomic E-state index is 0.178. The highest BCUT2D eigenvalue weighted by Crippen LogP contribution is 2.29. The fourth-order valence-electron chi connectivity index (χ4n) is 4.68. The molecule has 4 aromatic rings. The van der Waals surface area contributed by atoms with E-state index < -0.39 is 30.7 Å². The van der Waals surface area contributed by atoms with Gasteiger partial charge in [0, 0.05) is 0 Å². The van der Waals surface area contributed by atoms with Crippen molar-refractivity contribution in [3.8, 4) is 0 Å². The number of benzene rings is 4. The third-order valence-electron chi connectivity index (χ3n) is 6.84. The van der Waals surface area contributed by atoms with Crippen LogP contribution in [-0.2, 0) is 50.1 Å². The largest absolute Gasteiger partial charge is 0.387 e. The second kappa shape index (κ2) is 14.9. The summed E-state index contributed by atoms with van der Waals surface area (Å²) in [6.07, 6.45) is -3.81. The van der Waals surface area contributed by atoms with E-state index >= 15 is 0 Å². The Hall–Kier alpha value is -3.36. The standard InChI is InChI=1S/C34H36O6/c35-31-30(25-36-21-26-13-5-1-6-14-26)40-34(39-24-29-19-11-4-12-20-29)33(38-23-28-17-9-3-10-18-28)32(31)37-22-27-15-7-2-8-16-27/h1-20,30-35H,21-25H2/t30?,31-,32?,33?,34+/m1/s1. The Kier molecular flexibility index (Phi) is 10.5. The first-order chi connectivity index (χ1) is 19.8. The first kappa shape index (κ1) is 28.2. The fourth-order valence-corrected chi connectivity index (χ4v) is 4.68. The third kappa shape index (κ3) is 8.08. The first-order valence-corrected chi connectivity index (χ1v) is 13.7. The predicted molar refractivity (Wildman–Crippen MR) is 152 cm³/mol. The van der Waals surface area contributed by atoms with Crippen LogP contribution in [0.5, 0.6) is 0 Å². The van der Waals surface area contributed by atoms with Crippen molar-refractivity contribution >= 4 is 0 Å². The van der Waals surface area contributed by atoms with Gasteiger partial charge in [-0.05, 0) is 22.3 Å². The lowest BCUT2D eigenvalue weighted by atomic mass is 9.98. The van der Waals surface area contributed by atoms with E-state index in [1.54, 1.807) is 0 Å². The summed E-state index contributed by atoms with van der Waals surface area (Å²) >= 11 is 0. The molecule has 1 N–H and O–H groups in total. The van der Waals surface area contributed by atoms with Gasteiger partial charge in [0.05, 0.1) is 33.0 Å². The van der Waals surface area contributed by atoms with Crippen molar-refractivity contribution in [1.82, 2.24) is 0 Å². The molecule has 1 saturated heterocycles. The average molecular weight is 541 g/mol. The van der Waals surface area contributed by atoms with Gasteiger partial charge in [-0.3, -0.25) is 0 Å². The average Bonchev–Trinajstić information content (AvgIpc) is 3.01. The first-order valence-electron chi connectivity index (χ1n) is 13.7. The molecule has 5 atom stereocenters. The van der Waals surface area contributed by atoms with E-state index in [0.29, 0.717) is 26.4 Å². The maximum atomic E-state index is 11.5. The van der Waals surface area contributed by atoms with Gasteiger partial charge in [-0.2, -0.15) is 0 Å². The monoisotopic (exact) mass is 540 g/mol. The van der Waals surface area contributed by atoms with Gasteiger partial charge < -0.3 is 28.8 Å². The molecule has 6 nitrogen and oxygen atoms in total. The molecule has 1 aliphatic heterocycles. The lowest BCUT2D eigenvalue weighted by molar-refractivity contribution is -0.324. The second-order valence-corrected chi connectivity index (χ2v) is 9.85. The topological polar surface area (TPSA) is 66.4 Å². The van der Waals surface area contributed by atoms with Crippen molar-refractivity contribution in [2.45, 2.75) is 57.1 Å². The van der Waals surface area contributed by atoms with Crippen LogP contribution in [0.15, 0.2) is 121 Å². The Bertz CT molecular complexity index is 1240. The number of aliphatic hydroxyl groups excluding tert-OH is 1. The fraction of sp³-hybridized carbons (Fsp3) is 0.294. The summed E-state index contributed by atoms with van der Waals surface area (Å²) in [5.41, 5.74) is 4.07. The molecular weight excluding hydrogens is 504 g/mol. The molecule has 0 aromatic heterocycles. The Balaban J connectivity index is 1.34. The van der Waals surface area contributed by atoms with E-state index in [1.807, 2.05) is 121 Å². The molecule has 1 aliphatic rings. The molecular formula is C34H36O6. The summed E-state index contributed by atoms with van der Waals surface area (Å²) < 4.78 is 31.4. The highest BCUT2D eigenvalue weighted by atomic mass is 16.7. The van der Waals surface area contributed by atoms with Crippen LogP contribution in [0.2, 0.25) is 0 Å². The molecule has 1 fully saturated rings. The molecule has 3 unspecified atom stereocenters. The summed E-state index contributed by atoms with van der Waals surface area (Å²) in [7, 11) is 0. The Morgan fingerprint density at radius 3 is 1.38 bits per heavy atom. The minimum atomic E-state index is -0.989. The van der Waals surface area contributed by atoms with E-state index in [1.165, 1.54) is 0 Å². The molecule has 0 amide bonds. The van der Waals surface area contributed by atoms with Crippen molar-refractivity contribution in [3.63, 3.8) is 0 Å². The zero-order valence-electron chi connectivity index (χ0n) is 22.5. The molecule has 6 heteroatoms. The molecule has 40 heavy (non-hydrogen) atoms. The quantitative estimate of drug-likeness (QED) is 0.236. The van der Waals surface area contributed by atoms with Crippen molar-refractivity contribution in [3.05, 3.63) is 144 Å². The van der Waals surface area contributed by atoms with E-state index in [2.05, 4.69) is 0 Å². The zero-order chi connectivity index (χ0) is 27.4. The van der Waals surface area contributed by atoms with Gasteiger partial charge >= 0.3 is 0 Å². The van der Waals surface area contributed by atoms with Gasteiger partial charge in [-0.25, -0.2) is 0 Å². The molecule has 208 valence electrons. The molecule has 5 rings (SSSR count). The molecule has 0 radical (unpaired) electrons. The second-order valence-electron chi connectivity index (χ2n) is 9.85. The summed E-state index contributed by atoms with van der Waals surface area (Å²) in [5.74, 6) is 0. The van der Waals surface area contributed by atoms with Gasteiger partial charge in [-0.1, -0.05) is 121 Å². The number of ether oxygens (including phenoxy) is 5. The molecule has 0 aliphatic carbocycles. The number of aliphatic hydroxyl groups is 1. The predicted octanol–water partition coefficient (Wildman–Crippen LogP) is 5.68. The smallest absolute Gasteiger partial charge is 0.187 e. The van der Waals surface area contributed by atoms with Crippen molar-refractivity contribution in [2.75, 3.05) is 6.61 Å². The van der Waals surface area contributed by atoms with E-state index in [0.717, 1.165) is 22.3 Å². The van der Waals surface area contributed by atoms with Crippen LogP contribution in [0.25, 0.3) is 0 Å². The molecule has 1 heterocycles. The van der Waals surface area contributed by atoms with E-state index in [9.17, 15) is 5.11 Å². The highest BCUT2D eigenvalue weighted by Gasteiger charge is 2.47. The lowest BCUT2D eigenvalue weighted by Crippen LogP contribution is -2.61. The van der Waals surface area contributed by atoms with Crippen LogP contribution in [0.3, 0.4) is 0 Å². The van der Waals surface area contributed by atoms with E-state index in [4.69, 9.17) is 23.7 Å². The summed E-state index contributed by atoms with van der Waals surface area (Å²) in [6, 6.07) is 39.6. The van der Waals surface area contributed by atoms with Gasteiger partial charge in [0.25, 0.3) is 0 Å². The number of hydrogen-bond acceptors (Lipinski definition) is 6. The zero-order valence-corrected chi connectivity index (χ0v) is 22.5. The molecule has 0 bridgehead atoms. The summed E-state index contributed by atoms with van der Waals surface area (Å²) in [4.78, 5) is 0. The van der Waals surface area contributed by atoms with Crippen molar-refractivity contribution < 1.29 is 28.8 Å². The van der Waals surface area contributed by atoms with Crippen molar-refractivity contribution in [2.24, 2.45) is 0 Å². The van der Waals surface area contributed by atoms with Crippen LogP contribution in [0.4, 0.5) is 0 Å². The van der Waals surface area contributed by atoms with Crippen LogP contribution < -0.4 is 0 Å². The van der Waals surface area contributed by atoms with Gasteiger partial charge in [0.1, 0.15) is 24.4 Å². The minimum Gasteiger partial charge on any atom is -0.387 e. The van der Waals surface area contributed by atoms with Gasteiger partial charge in [0.15, 0.2) is 6.29 Å². The van der Waals surface area contributed by atoms with E-state index in [-0.39, 0.29) is 6.61 Å². The van der Waals surface area contributed by atoms with Gasteiger partial charge in [0.2, 0.25) is 0 Å². The highest BCUT2D eigenvalue weighted by molar-refractivity contribution is 5.16. The SMILES string of the molecule is O[C@@H]1C(COCc2ccccc2)O[C@H](OCc2ccccc2)C(OCc2ccccc2)C1OCc1ccccc1. The lowest BCUT2D eigenvalue weighted by Gasteiger charge is -2.44. The molecule has 0 spiro atoms. The maximum Gasteiger partial charge on any atom is 0.187 e. The van der Waals surface area contributed by atoms with Gasteiger partial charge in [-0.15, -0.1) is 0 Å². The Labute approximate surface area is 236 Å². The maximum absolute atomic E-state index is 11.5. The van der Waals surface area contributed by atoms with Crippen molar-refractivity contribution in [1.29, 1.82) is 0 Å². The van der Waals surface area contributed by atoms with Crippen LogP contribution >= 0.6 is 0 Å². The van der Waals surface area contributed by atoms with Crippen LogP contribution in [0.1, 0.15) is 22.3 Å². The third-order valence-corrected chi connectivity index (χ3v) is 6.84. The molecule has 0 saturated carbocycles.